The molecule has 10 aromatic rings. The molecule has 5 heteroatoms. The van der Waals surface area contributed by atoms with E-state index in [9.17, 15) is 0 Å². The van der Waals surface area contributed by atoms with Crippen LogP contribution in [0.15, 0.2) is 164 Å². The predicted molar refractivity (Wildman–Crippen MR) is 201 cm³/mol. The van der Waals surface area contributed by atoms with Crippen LogP contribution in [-0.4, -0.2) is 24.5 Å². The van der Waals surface area contributed by atoms with E-state index in [0.29, 0.717) is 23.2 Å². The van der Waals surface area contributed by atoms with Gasteiger partial charge in [-0.2, -0.15) is 0 Å². The van der Waals surface area contributed by atoms with Crippen LogP contribution in [0.3, 0.4) is 0 Å². The summed E-state index contributed by atoms with van der Waals surface area (Å²) in [5.41, 5.74) is 4.73. The lowest BCUT2D eigenvalue weighted by Crippen LogP contribution is -2.03. The average molecular weight is 626 g/mol. The molecule has 0 fully saturated rings. The zero-order valence-corrected chi connectivity index (χ0v) is 26.3. The lowest BCUT2D eigenvalue weighted by atomic mass is 10.0. The number of hydrogen-bond acceptors (Lipinski definition) is 4. The Bertz CT molecular complexity index is 2810. The number of rotatable bonds is 4. The van der Waals surface area contributed by atoms with Crippen molar-refractivity contribution in [2.45, 2.75) is 0 Å². The third-order valence-electron chi connectivity index (χ3n) is 9.41. The summed E-state index contributed by atoms with van der Waals surface area (Å²) in [5, 5.41) is 9.46. The fraction of sp³-hybridized carbons (Fsp3) is 0. The van der Waals surface area contributed by atoms with Gasteiger partial charge in [-0.1, -0.05) is 127 Å². The molecule has 0 aliphatic heterocycles. The first-order valence-electron chi connectivity index (χ1n) is 16.4. The molecule has 0 aliphatic rings. The van der Waals surface area contributed by atoms with E-state index in [1.807, 2.05) is 12.1 Å². The monoisotopic (exact) mass is 625 g/mol. The predicted octanol–water partition coefficient (Wildman–Crippen LogP) is 10.8. The number of nitrogens with zero attached hydrogens (tertiary/aromatic N) is 5. The van der Waals surface area contributed by atoms with E-state index < -0.39 is 0 Å². The van der Waals surface area contributed by atoms with Gasteiger partial charge in [0.05, 0.1) is 11.0 Å². The third kappa shape index (κ3) is 4.55. The molecule has 0 aliphatic carbocycles. The second-order valence-electron chi connectivity index (χ2n) is 12.3. The van der Waals surface area contributed by atoms with Gasteiger partial charge in [0.25, 0.3) is 0 Å². The van der Waals surface area contributed by atoms with Gasteiger partial charge < -0.3 is 0 Å². The second kappa shape index (κ2) is 10.9. The van der Waals surface area contributed by atoms with Crippen molar-refractivity contribution in [2.75, 3.05) is 0 Å². The Kier molecular flexibility index (Phi) is 6.11. The average Bonchev–Trinajstić information content (AvgIpc) is 3.52. The van der Waals surface area contributed by atoms with Gasteiger partial charge in [0.1, 0.15) is 11.5 Å². The molecule has 0 radical (unpaired) electrons. The maximum absolute atomic E-state index is 5.25. The number of para-hydroxylation sites is 1. The summed E-state index contributed by atoms with van der Waals surface area (Å²) in [7, 11) is 0. The summed E-state index contributed by atoms with van der Waals surface area (Å²) < 4.78 is 2.25. The summed E-state index contributed by atoms with van der Waals surface area (Å²) in [5.74, 6) is 2.54. The summed E-state index contributed by atoms with van der Waals surface area (Å²) in [6.45, 7) is 0. The number of fused-ring (bicyclic) bond motifs is 7. The van der Waals surface area contributed by atoms with Crippen LogP contribution in [0.2, 0.25) is 0 Å². The summed E-state index contributed by atoms with van der Waals surface area (Å²) in [6, 6.07) is 56.9. The molecule has 0 saturated heterocycles. The second-order valence-corrected chi connectivity index (χ2v) is 12.3. The third-order valence-corrected chi connectivity index (χ3v) is 9.41. The SMILES string of the molecule is c1cc(-c2nc(-c3ccc4ccccc4c3)nc(-c3ccc4ccccc4c3)n2)nc(-n2c3ccccc3c3c4ccccc4ccc32)c1. The molecule has 0 N–H and O–H groups in total. The molecular weight excluding hydrogens is 599 g/mol. The lowest BCUT2D eigenvalue weighted by Gasteiger charge is -2.11. The Labute approximate surface area is 281 Å². The molecule has 0 unspecified atom stereocenters. The van der Waals surface area contributed by atoms with Crippen molar-refractivity contribution in [3.63, 3.8) is 0 Å². The van der Waals surface area contributed by atoms with Crippen LogP contribution in [0.5, 0.6) is 0 Å². The molecule has 0 atom stereocenters. The highest BCUT2D eigenvalue weighted by Gasteiger charge is 2.18. The summed E-state index contributed by atoms with van der Waals surface area (Å²) in [6.07, 6.45) is 0. The molecule has 0 spiro atoms. The zero-order chi connectivity index (χ0) is 32.3. The van der Waals surface area contributed by atoms with E-state index in [2.05, 4.69) is 156 Å². The van der Waals surface area contributed by atoms with E-state index in [1.165, 1.54) is 32.3 Å². The highest BCUT2D eigenvalue weighted by atomic mass is 15.1. The number of aromatic nitrogens is 5. The number of hydrogen-bond donors (Lipinski definition) is 0. The first-order chi connectivity index (χ1) is 24.3. The fourth-order valence-electron chi connectivity index (χ4n) is 7.06. The molecular formula is C44H27N5. The van der Waals surface area contributed by atoms with Crippen LogP contribution in [-0.2, 0) is 0 Å². The van der Waals surface area contributed by atoms with Crippen molar-refractivity contribution < 1.29 is 0 Å². The Morgan fingerprint density at radius 1 is 0.347 bits per heavy atom. The molecule has 5 nitrogen and oxygen atoms in total. The van der Waals surface area contributed by atoms with Crippen molar-refractivity contribution in [1.29, 1.82) is 0 Å². The van der Waals surface area contributed by atoms with Gasteiger partial charge in [0.2, 0.25) is 0 Å². The van der Waals surface area contributed by atoms with Crippen LogP contribution >= 0.6 is 0 Å². The van der Waals surface area contributed by atoms with Crippen molar-refractivity contribution in [1.82, 2.24) is 24.5 Å². The molecule has 0 amide bonds. The minimum absolute atomic E-state index is 0.523. The topological polar surface area (TPSA) is 56.5 Å². The molecule has 3 heterocycles. The number of pyridine rings is 1. The molecule has 228 valence electrons. The van der Waals surface area contributed by atoms with Crippen LogP contribution in [0.4, 0.5) is 0 Å². The quantitative estimate of drug-likeness (QED) is 0.195. The van der Waals surface area contributed by atoms with E-state index in [0.717, 1.165) is 38.8 Å². The van der Waals surface area contributed by atoms with Gasteiger partial charge >= 0.3 is 0 Å². The Morgan fingerprint density at radius 3 is 1.59 bits per heavy atom. The molecule has 3 aromatic heterocycles. The smallest absolute Gasteiger partial charge is 0.182 e. The highest BCUT2D eigenvalue weighted by Crippen LogP contribution is 2.37. The minimum atomic E-state index is 0.523. The van der Waals surface area contributed by atoms with Crippen LogP contribution in [0.25, 0.3) is 94.2 Å². The molecule has 0 saturated carbocycles. The zero-order valence-electron chi connectivity index (χ0n) is 26.3. The standard InChI is InChI=1S/C44H27N5/c1-3-13-31-26-33(22-20-28(31)10-1)42-46-43(34-23-21-29-11-2-4-14-32(29)27-34)48-44(47-42)37-17-9-19-40(45-37)49-38-18-8-7-16-36(38)41-35-15-6-5-12-30(35)24-25-39(41)49/h1-27H. The van der Waals surface area contributed by atoms with Gasteiger partial charge in [-0.15, -0.1) is 0 Å². The fourth-order valence-corrected chi connectivity index (χ4v) is 7.06. The molecule has 7 aromatic carbocycles. The van der Waals surface area contributed by atoms with Crippen molar-refractivity contribution >= 4 is 54.1 Å². The maximum atomic E-state index is 5.25. The molecule has 49 heavy (non-hydrogen) atoms. The molecule has 0 bridgehead atoms. The maximum Gasteiger partial charge on any atom is 0.182 e. The number of benzene rings is 7. The largest absolute Gasteiger partial charge is 0.294 e. The van der Waals surface area contributed by atoms with Gasteiger partial charge in [-0.3, -0.25) is 4.57 Å². The van der Waals surface area contributed by atoms with Crippen LogP contribution in [0, 0.1) is 0 Å². The van der Waals surface area contributed by atoms with Crippen molar-refractivity contribution in [2.24, 2.45) is 0 Å². The molecule has 10 rings (SSSR count). The lowest BCUT2D eigenvalue weighted by molar-refractivity contribution is 1.03. The van der Waals surface area contributed by atoms with E-state index in [4.69, 9.17) is 19.9 Å². The first kappa shape index (κ1) is 27.4. The van der Waals surface area contributed by atoms with Crippen molar-refractivity contribution in [3.05, 3.63) is 164 Å². The van der Waals surface area contributed by atoms with Gasteiger partial charge in [-0.25, -0.2) is 19.9 Å². The van der Waals surface area contributed by atoms with E-state index >= 15 is 0 Å². The summed E-state index contributed by atoms with van der Waals surface area (Å²) >= 11 is 0. The minimum Gasteiger partial charge on any atom is -0.294 e. The summed E-state index contributed by atoms with van der Waals surface area (Å²) in [4.78, 5) is 20.4. The van der Waals surface area contributed by atoms with Crippen LogP contribution in [0.1, 0.15) is 0 Å². The van der Waals surface area contributed by atoms with E-state index in [-0.39, 0.29) is 0 Å². The van der Waals surface area contributed by atoms with Gasteiger partial charge in [-0.05, 0) is 68.7 Å². The normalized spacial score (nSPS) is 11.7. The Balaban J connectivity index is 1.19. The Hall–Kier alpha value is -6.72. The first-order valence-corrected chi connectivity index (χ1v) is 16.4. The Morgan fingerprint density at radius 2 is 0.898 bits per heavy atom. The van der Waals surface area contributed by atoms with Gasteiger partial charge in [0, 0.05) is 21.9 Å². The van der Waals surface area contributed by atoms with E-state index in [1.54, 1.807) is 0 Å². The van der Waals surface area contributed by atoms with Crippen molar-refractivity contribution in [3.8, 4) is 40.1 Å². The van der Waals surface area contributed by atoms with Crippen LogP contribution < -0.4 is 0 Å². The highest BCUT2D eigenvalue weighted by molar-refractivity contribution is 6.21. The van der Waals surface area contributed by atoms with Gasteiger partial charge in [0.15, 0.2) is 17.5 Å².